The summed E-state index contributed by atoms with van der Waals surface area (Å²) < 4.78 is 6.38. The largest absolute Gasteiger partial charge is 0.453 e. The molecule has 25 heavy (non-hydrogen) atoms. The Hall–Kier alpha value is -1.78. The molecule has 0 aliphatic carbocycles. The molecule has 5 heteroatoms. The topological polar surface area (TPSA) is 42.1 Å². The molecule has 1 aromatic heterocycles. The Bertz CT molecular complexity index is 1000. The fraction of sp³-hybridized carbons (Fsp3) is 0.250. The molecule has 0 radical (unpaired) electrons. The number of fused-ring (bicyclic) bond motifs is 2. The summed E-state index contributed by atoms with van der Waals surface area (Å²) in [6.07, 6.45) is -0.369. The summed E-state index contributed by atoms with van der Waals surface area (Å²) in [6.45, 7) is 6.12. The fourth-order valence-electron chi connectivity index (χ4n) is 3.35. The van der Waals surface area contributed by atoms with E-state index in [0.29, 0.717) is 10.6 Å². The number of aromatic nitrogens is 1. The van der Waals surface area contributed by atoms with Gasteiger partial charge in [0, 0.05) is 26.5 Å². The molecule has 0 bridgehead atoms. The van der Waals surface area contributed by atoms with E-state index in [4.69, 9.17) is 16.3 Å². The van der Waals surface area contributed by atoms with Crippen molar-refractivity contribution in [1.82, 2.24) is 4.98 Å². The third-order valence-electron chi connectivity index (χ3n) is 4.56. The normalized spacial score (nSPS) is 17.0. The van der Waals surface area contributed by atoms with Crippen molar-refractivity contribution >= 4 is 44.4 Å². The fourth-order valence-corrected chi connectivity index (χ4v) is 4.38. The highest BCUT2D eigenvalue weighted by Crippen LogP contribution is 2.51. The van der Waals surface area contributed by atoms with E-state index in [1.165, 1.54) is 0 Å². The van der Waals surface area contributed by atoms with E-state index in [0.717, 1.165) is 32.2 Å². The Morgan fingerprint density at radius 3 is 2.52 bits per heavy atom. The van der Waals surface area contributed by atoms with Crippen LogP contribution in [-0.4, -0.2) is 11.0 Å². The van der Waals surface area contributed by atoms with Crippen molar-refractivity contribution < 1.29 is 9.53 Å². The lowest BCUT2D eigenvalue weighted by Crippen LogP contribution is -2.18. The molecule has 0 amide bonds. The van der Waals surface area contributed by atoms with Crippen LogP contribution in [0, 0.1) is 5.41 Å². The van der Waals surface area contributed by atoms with Crippen LogP contribution in [0.25, 0.3) is 22.2 Å². The number of ether oxygens (including phenoxy) is 1. The molecule has 3 aromatic rings. The molecule has 1 unspecified atom stereocenters. The number of benzene rings is 2. The predicted octanol–water partition coefficient (Wildman–Crippen LogP) is 6.51. The minimum Gasteiger partial charge on any atom is -0.453 e. The first-order valence-electron chi connectivity index (χ1n) is 8.09. The van der Waals surface area contributed by atoms with E-state index in [1.54, 1.807) is 0 Å². The van der Waals surface area contributed by atoms with Crippen molar-refractivity contribution in [3.8, 4) is 11.3 Å². The molecule has 0 saturated carbocycles. The summed E-state index contributed by atoms with van der Waals surface area (Å²) in [5.41, 5.74) is 3.90. The zero-order chi connectivity index (χ0) is 17.9. The number of esters is 1. The van der Waals surface area contributed by atoms with Crippen LogP contribution in [0.1, 0.15) is 42.8 Å². The lowest BCUT2D eigenvalue weighted by Gasteiger charge is -2.26. The maximum Gasteiger partial charge on any atom is 0.340 e. The predicted molar refractivity (Wildman–Crippen MR) is 104 cm³/mol. The molecule has 3 nitrogen and oxygen atoms in total. The summed E-state index contributed by atoms with van der Waals surface area (Å²) in [7, 11) is 0. The number of hydrogen-bond acceptors (Lipinski definition) is 2. The molecule has 0 saturated heterocycles. The van der Waals surface area contributed by atoms with Gasteiger partial charge < -0.3 is 9.72 Å². The van der Waals surface area contributed by atoms with E-state index in [-0.39, 0.29) is 17.5 Å². The first-order valence-corrected chi connectivity index (χ1v) is 9.26. The van der Waals surface area contributed by atoms with Crippen LogP contribution in [-0.2, 0) is 4.74 Å². The summed E-state index contributed by atoms with van der Waals surface area (Å²) in [5.74, 6) is -0.326. The summed E-state index contributed by atoms with van der Waals surface area (Å²) in [5, 5.41) is 1.44. The van der Waals surface area contributed by atoms with E-state index >= 15 is 0 Å². The van der Waals surface area contributed by atoms with Gasteiger partial charge in [-0.25, -0.2) is 4.79 Å². The number of rotatable bonds is 1. The molecule has 1 aliphatic rings. The Kier molecular flexibility index (Phi) is 3.74. The molecule has 1 N–H and O–H groups in total. The molecule has 0 fully saturated rings. The van der Waals surface area contributed by atoms with Crippen molar-refractivity contribution in [2.45, 2.75) is 26.9 Å². The maximum absolute atomic E-state index is 12.5. The van der Waals surface area contributed by atoms with Gasteiger partial charge in [0.2, 0.25) is 0 Å². The molecule has 1 atom stereocenters. The molecule has 2 aromatic carbocycles. The van der Waals surface area contributed by atoms with Crippen LogP contribution in [0.5, 0.6) is 0 Å². The van der Waals surface area contributed by atoms with Crippen molar-refractivity contribution in [2.24, 2.45) is 5.41 Å². The smallest absolute Gasteiger partial charge is 0.340 e. The highest BCUT2D eigenvalue weighted by atomic mass is 79.9. The number of aromatic amines is 1. The average Bonchev–Trinajstić information content (AvgIpc) is 3.15. The van der Waals surface area contributed by atoms with Gasteiger partial charge in [-0.3, -0.25) is 0 Å². The van der Waals surface area contributed by atoms with Crippen molar-refractivity contribution in [3.05, 3.63) is 57.0 Å². The SMILES string of the molecule is CC(C)(C)C1OC(=O)c2c1c(Cl)c1[nH]c(-c3ccccc3)cc1c2Br. The van der Waals surface area contributed by atoms with Crippen LogP contribution in [0.15, 0.2) is 40.9 Å². The van der Waals surface area contributed by atoms with Gasteiger partial charge in [0.15, 0.2) is 0 Å². The molecular formula is C20H17BrClNO2. The second kappa shape index (κ2) is 5.61. The highest BCUT2D eigenvalue weighted by Gasteiger charge is 2.43. The van der Waals surface area contributed by atoms with Crippen molar-refractivity contribution in [1.29, 1.82) is 0 Å². The van der Waals surface area contributed by atoms with Crippen LogP contribution in [0.2, 0.25) is 5.02 Å². The first kappa shape index (κ1) is 16.7. The number of cyclic esters (lactones) is 1. The van der Waals surface area contributed by atoms with Gasteiger partial charge in [0.05, 0.1) is 16.1 Å². The van der Waals surface area contributed by atoms with E-state index in [2.05, 4.69) is 20.9 Å². The Labute approximate surface area is 159 Å². The zero-order valence-electron chi connectivity index (χ0n) is 14.1. The van der Waals surface area contributed by atoms with Gasteiger partial charge in [-0.05, 0) is 27.6 Å². The van der Waals surface area contributed by atoms with Crippen LogP contribution < -0.4 is 0 Å². The second-order valence-corrected chi connectivity index (χ2v) is 8.58. The minimum absolute atomic E-state index is 0.244. The molecule has 4 rings (SSSR count). The maximum atomic E-state index is 12.5. The number of halogens is 2. The summed E-state index contributed by atoms with van der Waals surface area (Å²) in [4.78, 5) is 15.9. The van der Waals surface area contributed by atoms with Gasteiger partial charge in [-0.15, -0.1) is 0 Å². The zero-order valence-corrected chi connectivity index (χ0v) is 16.5. The lowest BCUT2D eigenvalue weighted by molar-refractivity contribution is 0.00780. The number of carbonyl (C=O) groups excluding carboxylic acids is 1. The quantitative estimate of drug-likeness (QED) is 0.458. The van der Waals surface area contributed by atoms with Gasteiger partial charge in [-0.1, -0.05) is 62.7 Å². The van der Waals surface area contributed by atoms with Crippen molar-refractivity contribution in [3.63, 3.8) is 0 Å². The number of hydrogen-bond donors (Lipinski definition) is 1. The molecular weight excluding hydrogens is 402 g/mol. The van der Waals surface area contributed by atoms with Gasteiger partial charge in [0.1, 0.15) is 6.10 Å². The average molecular weight is 419 g/mol. The van der Waals surface area contributed by atoms with Crippen LogP contribution in [0.4, 0.5) is 0 Å². The monoisotopic (exact) mass is 417 g/mol. The Morgan fingerprint density at radius 1 is 1.20 bits per heavy atom. The van der Waals surface area contributed by atoms with E-state index in [1.807, 2.05) is 57.2 Å². The molecule has 0 spiro atoms. The van der Waals surface area contributed by atoms with Gasteiger partial charge >= 0.3 is 5.97 Å². The van der Waals surface area contributed by atoms with Crippen molar-refractivity contribution in [2.75, 3.05) is 0 Å². The van der Waals surface area contributed by atoms with Crippen LogP contribution in [0.3, 0.4) is 0 Å². The lowest BCUT2D eigenvalue weighted by atomic mass is 9.84. The molecule has 128 valence electrons. The number of nitrogens with one attached hydrogen (secondary N) is 1. The second-order valence-electron chi connectivity index (χ2n) is 7.41. The highest BCUT2D eigenvalue weighted by molar-refractivity contribution is 9.10. The molecule has 2 heterocycles. The Balaban J connectivity index is 2.01. The summed E-state index contributed by atoms with van der Waals surface area (Å²) >= 11 is 10.3. The minimum atomic E-state index is -0.369. The standard InChI is InChI=1S/C20H17BrClNO2/c1-20(2,3)18-14-13(19(24)25-18)15(21)11-9-12(23-17(11)16(14)22)10-7-5-4-6-8-10/h4-9,18,23H,1-3H3. The van der Waals surface area contributed by atoms with Crippen LogP contribution >= 0.6 is 27.5 Å². The van der Waals surface area contributed by atoms with Gasteiger partial charge in [-0.2, -0.15) is 0 Å². The summed E-state index contributed by atoms with van der Waals surface area (Å²) in [6, 6.07) is 12.0. The first-order chi connectivity index (χ1) is 11.8. The third kappa shape index (κ3) is 2.51. The number of carbonyl (C=O) groups is 1. The number of H-pyrrole nitrogens is 1. The Morgan fingerprint density at radius 2 is 1.88 bits per heavy atom. The van der Waals surface area contributed by atoms with E-state index in [9.17, 15) is 4.79 Å². The molecule has 1 aliphatic heterocycles. The van der Waals surface area contributed by atoms with E-state index < -0.39 is 0 Å². The van der Waals surface area contributed by atoms with Gasteiger partial charge in [0.25, 0.3) is 0 Å². The third-order valence-corrected chi connectivity index (χ3v) is 5.78.